The van der Waals surface area contributed by atoms with Gasteiger partial charge in [-0.3, -0.25) is 0 Å². The van der Waals surface area contributed by atoms with Crippen molar-refractivity contribution in [1.82, 2.24) is 0 Å². The minimum Gasteiger partial charge on any atom is -0.372 e. The van der Waals surface area contributed by atoms with Crippen molar-refractivity contribution in [2.75, 3.05) is 36.0 Å². The van der Waals surface area contributed by atoms with E-state index in [0.717, 1.165) is 19.5 Å². The molecule has 2 aromatic rings. The first-order valence-electron chi connectivity index (χ1n) is 9.67. The van der Waals surface area contributed by atoms with Crippen LogP contribution in [0.15, 0.2) is 48.6 Å². The molecule has 1 heterocycles. The zero-order valence-electron chi connectivity index (χ0n) is 15.5. The standard InChI is InChI=1S/C23H28N2/c1-3-5-12-24(4-2)20-10-8-18-15-19-9-11-21(25-13-6-7-14-25)17-23(19)22(18)16-20/h3,5,8-11,16-17H,4,6-7,12-15H2,1-2H3. The number of hydrogen-bond acceptors (Lipinski definition) is 2. The van der Waals surface area contributed by atoms with Crippen LogP contribution in [0.1, 0.15) is 37.8 Å². The van der Waals surface area contributed by atoms with Crippen LogP contribution >= 0.6 is 0 Å². The molecule has 1 aliphatic heterocycles. The van der Waals surface area contributed by atoms with Gasteiger partial charge in [-0.05, 0) is 79.6 Å². The van der Waals surface area contributed by atoms with Crippen LogP contribution in [0.4, 0.5) is 11.4 Å². The fraction of sp³-hybridized carbons (Fsp3) is 0.391. The van der Waals surface area contributed by atoms with Gasteiger partial charge in [-0.1, -0.05) is 24.3 Å². The number of anilines is 2. The third kappa shape index (κ3) is 3.06. The van der Waals surface area contributed by atoms with Gasteiger partial charge in [-0.2, -0.15) is 0 Å². The maximum absolute atomic E-state index is 2.53. The topological polar surface area (TPSA) is 6.48 Å². The Morgan fingerprint density at radius 1 is 1.00 bits per heavy atom. The predicted molar refractivity (Wildman–Crippen MR) is 109 cm³/mol. The number of benzene rings is 2. The molecule has 0 atom stereocenters. The molecule has 0 bridgehead atoms. The molecule has 0 unspecified atom stereocenters. The third-order valence-corrected chi connectivity index (χ3v) is 5.64. The fourth-order valence-electron chi connectivity index (χ4n) is 4.16. The Bertz CT molecular complexity index is 785. The quantitative estimate of drug-likeness (QED) is 0.588. The molecule has 0 spiro atoms. The molecule has 2 aliphatic rings. The molecule has 0 N–H and O–H groups in total. The van der Waals surface area contributed by atoms with Crippen LogP contribution in [0.3, 0.4) is 0 Å². The summed E-state index contributed by atoms with van der Waals surface area (Å²) in [6, 6.07) is 14.1. The second-order valence-corrected chi connectivity index (χ2v) is 7.16. The zero-order chi connectivity index (χ0) is 17.2. The van der Waals surface area contributed by atoms with Gasteiger partial charge >= 0.3 is 0 Å². The Hall–Kier alpha value is -2.22. The average Bonchev–Trinajstić information content (AvgIpc) is 3.29. The van der Waals surface area contributed by atoms with E-state index in [1.54, 1.807) is 0 Å². The summed E-state index contributed by atoms with van der Waals surface area (Å²) in [5.74, 6) is 0. The van der Waals surface area contributed by atoms with Crippen LogP contribution in [0.5, 0.6) is 0 Å². The van der Waals surface area contributed by atoms with Crippen molar-refractivity contribution in [3.8, 4) is 11.1 Å². The first kappa shape index (κ1) is 16.3. The van der Waals surface area contributed by atoms with Crippen molar-refractivity contribution in [2.24, 2.45) is 0 Å². The van der Waals surface area contributed by atoms with Gasteiger partial charge in [0.15, 0.2) is 0 Å². The van der Waals surface area contributed by atoms with Gasteiger partial charge in [0.1, 0.15) is 0 Å². The molecule has 0 amide bonds. The summed E-state index contributed by atoms with van der Waals surface area (Å²) in [5.41, 5.74) is 8.57. The summed E-state index contributed by atoms with van der Waals surface area (Å²) in [5, 5.41) is 0. The zero-order valence-corrected chi connectivity index (χ0v) is 15.5. The van der Waals surface area contributed by atoms with Gasteiger partial charge in [0.05, 0.1) is 0 Å². The normalized spacial score (nSPS) is 15.7. The van der Waals surface area contributed by atoms with E-state index in [1.807, 2.05) is 0 Å². The molecular formula is C23H28N2. The average molecular weight is 332 g/mol. The van der Waals surface area contributed by atoms with Crippen molar-refractivity contribution < 1.29 is 0 Å². The summed E-state index contributed by atoms with van der Waals surface area (Å²) in [4.78, 5) is 4.97. The van der Waals surface area contributed by atoms with E-state index in [4.69, 9.17) is 0 Å². The van der Waals surface area contributed by atoms with Crippen molar-refractivity contribution in [3.05, 3.63) is 59.7 Å². The van der Waals surface area contributed by atoms with Crippen LogP contribution < -0.4 is 9.80 Å². The Morgan fingerprint density at radius 3 is 2.44 bits per heavy atom. The smallest absolute Gasteiger partial charge is 0.0375 e. The molecule has 2 aromatic carbocycles. The first-order valence-corrected chi connectivity index (χ1v) is 9.67. The van der Waals surface area contributed by atoms with Gasteiger partial charge in [0.25, 0.3) is 0 Å². The van der Waals surface area contributed by atoms with Crippen LogP contribution in [0, 0.1) is 0 Å². The van der Waals surface area contributed by atoms with Crippen LogP contribution in [-0.4, -0.2) is 26.2 Å². The Morgan fingerprint density at radius 2 is 1.72 bits per heavy atom. The predicted octanol–water partition coefficient (Wildman–Crippen LogP) is 5.26. The largest absolute Gasteiger partial charge is 0.372 e. The summed E-state index contributed by atoms with van der Waals surface area (Å²) in [7, 11) is 0. The van der Waals surface area contributed by atoms with Gasteiger partial charge in [-0.25, -0.2) is 0 Å². The lowest BCUT2D eigenvalue weighted by molar-refractivity contribution is 0.905. The van der Waals surface area contributed by atoms with Crippen LogP contribution in [-0.2, 0) is 6.42 Å². The second kappa shape index (κ2) is 6.95. The molecule has 1 fully saturated rings. The van der Waals surface area contributed by atoms with Crippen LogP contribution in [0.2, 0.25) is 0 Å². The minimum atomic E-state index is 0.979. The lowest BCUT2D eigenvalue weighted by atomic mass is 10.0. The fourth-order valence-corrected chi connectivity index (χ4v) is 4.16. The lowest BCUT2D eigenvalue weighted by Gasteiger charge is -2.22. The first-order chi connectivity index (χ1) is 12.3. The van der Waals surface area contributed by atoms with E-state index >= 15 is 0 Å². The maximum Gasteiger partial charge on any atom is 0.0375 e. The van der Waals surface area contributed by atoms with Crippen molar-refractivity contribution in [2.45, 2.75) is 33.1 Å². The van der Waals surface area contributed by atoms with E-state index in [9.17, 15) is 0 Å². The highest BCUT2D eigenvalue weighted by Gasteiger charge is 2.21. The highest BCUT2D eigenvalue weighted by molar-refractivity contribution is 5.82. The molecule has 0 saturated carbocycles. The van der Waals surface area contributed by atoms with Gasteiger partial charge < -0.3 is 9.80 Å². The molecule has 2 heteroatoms. The molecule has 1 saturated heterocycles. The molecule has 25 heavy (non-hydrogen) atoms. The minimum absolute atomic E-state index is 0.979. The number of nitrogens with zero attached hydrogens (tertiary/aromatic N) is 2. The summed E-state index contributed by atoms with van der Waals surface area (Å²) < 4.78 is 0. The van der Waals surface area contributed by atoms with Gasteiger partial charge in [-0.15, -0.1) is 0 Å². The maximum atomic E-state index is 2.53. The molecule has 0 radical (unpaired) electrons. The van der Waals surface area contributed by atoms with Crippen molar-refractivity contribution in [3.63, 3.8) is 0 Å². The number of fused-ring (bicyclic) bond motifs is 3. The second-order valence-electron chi connectivity index (χ2n) is 7.16. The highest BCUT2D eigenvalue weighted by Crippen LogP contribution is 2.41. The van der Waals surface area contributed by atoms with E-state index in [2.05, 4.69) is 72.2 Å². The van der Waals surface area contributed by atoms with Gasteiger partial charge in [0.2, 0.25) is 0 Å². The lowest BCUT2D eigenvalue weighted by Crippen LogP contribution is -2.22. The molecular weight excluding hydrogens is 304 g/mol. The monoisotopic (exact) mass is 332 g/mol. The number of allylic oxidation sites excluding steroid dienone is 1. The molecule has 2 nitrogen and oxygen atoms in total. The molecule has 1 aliphatic carbocycles. The van der Waals surface area contributed by atoms with E-state index in [1.165, 1.54) is 59.6 Å². The van der Waals surface area contributed by atoms with Crippen LogP contribution in [0.25, 0.3) is 11.1 Å². The van der Waals surface area contributed by atoms with E-state index in [-0.39, 0.29) is 0 Å². The van der Waals surface area contributed by atoms with Crippen molar-refractivity contribution in [1.29, 1.82) is 0 Å². The van der Waals surface area contributed by atoms with Gasteiger partial charge in [0, 0.05) is 37.6 Å². The SMILES string of the molecule is CC=CCN(CC)c1ccc2c(c1)-c1cc(N3CCCC3)ccc1C2. The molecule has 130 valence electrons. The third-order valence-electron chi connectivity index (χ3n) is 5.64. The Balaban J connectivity index is 1.69. The van der Waals surface area contributed by atoms with Crippen molar-refractivity contribution >= 4 is 11.4 Å². The molecule has 0 aromatic heterocycles. The summed E-state index contributed by atoms with van der Waals surface area (Å²) in [6.45, 7) is 8.75. The molecule has 4 rings (SSSR count). The number of hydrogen-bond donors (Lipinski definition) is 0. The Kier molecular flexibility index (Phi) is 4.52. The van der Waals surface area contributed by atoms with E-state index in [0.29, 0.717) is 0 Å². The number of rotatable bonds is 5. The Labute approximate surface area is 151 Å². The highest BCUT2D eigenvalue weighted by atomic mass is 15.1. The van der Waals surface area contributed by atoms with E-state index < -0.39 is 0 Å². The summed E-state index contributed by atoms with van der Waals surface area (Å²) in [6.07, 6.45) is 8.10. The number of likely N-dealkylation sites (N-methyl/N-ethyl adjacent to an activating group) is 1. The summed E-state index contributed by atoms with van der Waals surface area (Å²) >= 11 is 0.